The molecule has 0 amide bonds. The molecule has 2 fully saturated rings. The van der Waals surface area contributed by atoms with E-state index in [0.717, 1.165) is 50.2 Å². The third-order valence-corrected chi connectivity index (χ3v) is 6.10. The molecule has 0 saturated carbocycles. The maximum Gasteiger partial charge on any atom is 0.165 e. The van der Waals surface area contributed by atoms with E-state index in [1.54, 1.807) is 18.2 Å². The van der Waals surface area contributed by atoms with Crippen LogP contribution in [0.4, 0.5) is 10.2 Å². The fourth-order valence-corrected chi connectivity index (χ4v) is 4.65. The summed E-state index contributed by atoms with van der Waals surface area (Å²) in [5.41, 5.74) is 1.29. The van der Waals surface area contributed by atoms with Crippen molar-refractivity contribution in [2.24, 2.45) is 0 Å². The molecule has 0 aliphatic carbocycles. The first-order valence-electron chi connectivity index (χ1n) is 10.4. The number of benzene rings is 2. The number of aromatic nitrogens is 2. The highest BCUT2D eigenvalue weighted by molar-refractivity contribution is 5.91. The number of rotatable bonds is 4. The van der Waals surface area contributed by atoms with E-state index >= 15 is 0 Å². The summed E-state index contributed by atoms with van der Waals surface area (Å²) in [7, 11) is 0. The van der Waals surface area contributed by atoms with E-state index in [1.807, 2.05) is 12.1 Å². The average Bonchev–Trinajstić information content (AvgIpc) is 3.40. The van der Waals surface area contributed by atoms with E-state index in [1.165, 1.54) is 25.0 Å². The average molecular weight is 392 g/mol. The van der Waals surface area contributed by atoms with Crippen molar-refractivity contribution in [3.05, 3.63) is 48.3 Å². The van der Waals surface area contributed by atoms with Crippen LogP contribution < -0.4 is 4.90 Å². The van der Waals surface area contributed by atoms with Crippen LogP contribution in [0.2, 0.25) is 0 Å². The summed E-state index contributed by atoms with van der Waals surface area (Å²) in [6.45, 7) is 4.24. The van der Waals surface area contributed by atoms with Crippen molar-refractivity contribution in [3.63, 3.8) is 0 Å². The monoisotopic (exact) mass is 392 g/mol. The van der Waals surface area contributed by atoms with E-state index < -0.39 is 0 Å². The maximum atomic E-state index is 14.1. The van der Waals surface area contributed by atoms with Gasteiger partial charge in [0.15, 0.2) is 5.82 Å². The van der Waals surface area contributed by atoms with Crippen LogP contribution in [0, 0.1) is 5.82 Å². The number of nitrogens with zero attached hydrogens (tertiary/aromatic N) is 4. The molecule has 0 bridgehead atoms. The van der Waals surface area contributed by atoms with Crippen LogP contribution in [0.25, 0.3) is 22.3 Å². The van der Waals surface area contributed by atoms with Gasteiger partial charge in [-0.1, -0.05) is 12.1 Å². The summed E-state index contributed by atoms with van der Waals surface area (Å²) < 4.78 is 14.1. The lowest BCUT2D eigenvalue weighted by atomic mass is 10.1. The minimum absolute atomic E-state index is 0.148. The molecule has 0 unspecified atom stereocenters. The van der Waals surface area contributed by atoms with E-state index in [-0.39, 0.29) is 11.6 Å². The maximum absolute atomic E-state index is 14.1. The van der Waals surface area contributed by atoms with Crippen LogP contribution in [-0.4, -0.2) is 52.2 Å². The first-order valence-corrected chi connectivity index (χ1v) is 10.4. The van der Waals surface area contributed by atoms with Crippen LogP contribution in [0.15, 0.2) is 42.5 Å². The van der Waals surface area contributed by atoms with Crippen molar-refractivity contribution in [2.45, 2.75) is 31.7 Å². The van der Waals surface area contributed by atoms with E-state index in [9.17, 15) is 9.50 Å². The van der Waals surface area contributed by atoms with Crippen molar-refractivity contribution >= 4 is 16.7 Å². The van der Waals surface area contributed by atoms with Gasteiger partial charge in [-0.15, -0.1) is 0 Å². The quantitative estimate of drug-likeness (QED) is 0.721. The molecule has 5 nitrogen and oxygen atoms in total. The number of halogens is 1. The van der Waals surface area contributed by atoms with Crippen molar-refractivity contribution in [3.8, 4) is 17.1 Å². The van der Waals surface area contributed by atoms with Crippen LogP contribution >= 0.6 is 0 Å². The van der Waals surface area contributed by atoms with E-state index in [4.69, 9.17) is 4.98 Å². The Bertz CT molecular complexity index is 1030. The number of anilines is 1. The molecule has 3 aromatic rings. The van der Waals surface area contributed by atoms with Gasteiger partial charge < -0.3 is 14.9 Å². The van der Waals surface area contributed by atoms with Crippen LogP contribution in [0.3, 0.4) is 0 Å². The lowest BCUT2D eigenvalue weighted by molar-refractivity contribution is 0.313. The Balaban J connectivity index is 1.61. The van der Waals surface area contributed by atoms with Gasteiger partial charge in [0.05, 0.1) is 11.1 Å². The predicted molar refractivity (Wildman–Crippen MR) is 113 cm³/mol. The minimum Gasteiger partial charge on any atom is -0.507 e. The summed E-state index contributed by atoms with van der Waals surface area (Å²) in [4.78, 5) is 14.3. The Morgan fingerprint density at radius 2 is 1.83 bits per heavy atom. The molecule has 2 aliphatic heterocycles. The number of likely N-dealkylation sites (tertiary alicyclic amines) is 1. The number of para-hydroxylation sites is 1. The molecule has 1 N–H and O–H groups in total. The van der Waals surface area contributed by atoms with Gasteiger partial charge in [0.2, 0.25) is 0 Å². The molecule has 1 atom stereocenters. The third-order valence-electron chi connectivity index (χ3n) is 6.10. The van der Waals surface area contributed by atoms with Gasteiger partial charge in [0.1, 0.15) is 17.4 Å². The van der Waals surface area contributed by atoms with E-state index in [2.05, 4.69) is 14.8 Å². The zero-order valence-corrected chi connectivity index (χ0v) is 16.4. The molecule has 150 valence electrons. The summed E-state index contributed by atoms with van der Waals surface area (Å²) in [5, 5.41) is 11.1. The number of fused-ring (bicyclic) bond motifs is 1. The highest BCUT2D eigenvalue weighted by Crippen LogP contribution is 2.35. The SMILES string of the molecule is Oc1ccccc1-c1nc(N2CCC[C@H]2CN2CCCC2)c2cc(F)ccc2n1. The molecule has 2 aliphatic rings. The van der Waals surface area contributed by atoms with Gasteiger partial charge >= 0.3 is 0 Å². The van der Waals surface area contributed by atoms with Crippen LogP contribution in [0.5, 0.6) is 5.75 Å². The predicted octanol–water partition coefficient (Wildman–Crippen LogP) is 4.21. The van der Waals surface area contributed by atoms with Gasteiger partial charge in [-0.2, -0.15) is 0 Å². The highest BCUT2D eigenvalue weighted by atomic mass is 19.1. The van der Waals surface area contributed by atoms with Crippen molar-refractivity contribution in [1.29, 1.82) is 0 Å². The second-order valence-corrected chi connectivity index (χ2v) is 8.05. The van der Waals surface area contributed by atoms with Gasteiger partial charge in [0.25, 0.3) is 0 Å². The molecule has 3 heterocycles. The number of hydrogen-bond donors (Lipinski definition) is 1. The number of hydrogen-bond acceptors (Lipinski definition) is 5. The van der Waals surface area contributed by atoms with Gasteiger partial charge in [-0.3, -0.25) is 0 Å². The summed E-state index contributed by atoms with van der Waals surface area (Å²) in [5.74, 6) is 1.11. The van der Waals surface area contributed by atoms with Gasteiger partial charge in [-0.05, 0) is 69.1 Å². The number of phenols is 1. The Hall–Kier alpha value is -2.73. The smallest absolute Gasteiger partial charge is 0.165 e. The Morgan fingerprint density at radius 3 is 2.66 bits per heavy atom. The number of phenolic OH excluding ortho intramolecular Hbond substituents is 1. The van der Waals surface area contributed by atoms with Gasteiger partial charge in [0, 0.05) is 24.5 Å². The molecule has 2 saturated heterocycles. The zero-order valence-electron chi connectivity index (χ0n) is 16.4. The first-order chi connectivity index (χ1) is 14.2. The summed E-state index contributed by atoms with van der Waals surface area (Å²) in [6.07, 6.45) is 4.76. The van der Waals surface area contributed by atoms with Crippen LogP contribution in [-0.2, 0) is 0 Å². The molecule has 6 heteroatoms. The molecular formula is C23H25FN4O. The molecule has 2 aromatic carbocycles. The zero-order chi connectivity index (χ0) is 19.8. The molecule has 29 heavy (non-hydrogen) atoms. The fraction of sp³-hybridized carbons (Fsp3) is 0.391. The van der Waals surface area contributed by atoms with Crippen molar-refractivity contribution in [1.82, 2.24) is 14.9 Å². The Kier molecular flexibility index (Phi) is 4.79. The topological polar surface area (TPSA) is 52.5 Å². The fourth-order valence-electron chi connectivity index (χ4n) is 4.65. The lowest BCUT2D eigenvalue weighted by Gasteiger charge is -2.30. The van der Waals surface area contributed by atoms with Crippen LogP contribution in [0.1, 0.15) is 25.7 Å². The van der Waals surface area contributed by atoms with Crippen molar-refractivity contribution in [2.75, 3.05) is 31.1 Å². The molecular weight excluding hydrogens is 367 g/mol. The Morgan fingerprint density at radius 1 is 1.00 bits per heavy atom. The van der Waals surface area contributed by atoms with Gasteiger partial charge in [-0.25, -0.2) is 14.4 Å². The molecule has 5 rings (SSSR count). The van der Waals surface area contributed by atoms with E-state index in [0.29, 0.717) is 22.9 Å². The molecule has 1 aromatic heterocycles. The summed E-state index contributed by atoms with van der Waals surface area (Å²) >= 11 is 0. The number of aromatic hydroxyl groups is 1. The standard InChI is InChI=1S/C23H25FN4O/c24-16-9-10-20-19(14-16)23(26-22(25-20)18-7-1-2-8-21(18)29)28-13-5-6-17(28)15-27-11-3-4-12-27/h1-2,7-10,14,17,29H,3-6,11-13,15H2/t17-/m0/s1. The molecule has 0 spiro atoms. The Labute approximate surface area is 169 Å². The lowest BCUT2D eigenvalue weighted by Crippen LogP contribution is -2.40. The minimum atomic E-state index is -0.284. The summed E-state index contributed by atoms with van der Waals surface area (Å²) in [6, 6.07) is 12.1. The van der Waals surface area contributed by atoms with Crippen molar-refractivity contribution < 1.29 is 9.50 Å². The third kappa shape index (κ3) is 3.53. The molecule has 0 radical (unpaired) electrons. The first kappa shape index (κ1) is 18.3. The largest absolute Gasteiger partial charge is 0.507 e. The second-order valence-electron chi connectivity index (χ2n) is 8.05. The normalized spacial score (nSPS) is 20.0. The second kappa shape index (κ2) is 7.59. The highest BCUT2D eigenvalue weighted by Gasteiger charge is 2.30.